The number of hydrogen-bond donors (Lipinski definition) is 2. The first-order valence-corrected chi connectivity index (χ1v) is 20.2. The molecule has 0 aromatic heterocycles. The number of methoxy groups -OCH3 is 3. The van der Waals surface area contributed by atoms with Crippen molar-refractivity contribution < 1.29 is 67.2 Å². The van der Waals surface area contributed by atoms with E-state index in [9.17, 15) is 24.6 Å². The van der Waals surface area contributed by atoms with E-state index >= 15 is 0 Å². The van der Waals surface area contributed by atoms with Crippen molar-refractivity contribution in [2.24, 2.45) is 23.7 Å². The molecule has 0 unspecified atom stereocenters. The van der Waals surface area contributed by atoms with Gasteiger partial charge >= 0.3 is 11.9 Å². The molecule has 3 saturated heterocycles. The van der Waals surface area contributed by atoms with E-state index in [0.29, 0.717) is 6.42 Å². The maximum absolute atomic E-state index is 14.3. The number of esters is 2. The molecule has 0 spiro atoms. The zero-order valence-corrected chi connectivity index (χ0v) is 36.7. The lowest BCUT2D eigenvalue weighted by Gasteiger charge is -2.50. The monoisotopic (exact) mass is 804 g/mol. The fraction of sp³-hybridized carbons (Fsp3) is 0.927. The van der Waals surface area contributed by atoms with Gasteiger partial charge in [0.15, 0.2) is 18.7 Å². The van der Waals surface area contributed by atoms with Crippen molar-refractivity contribution in [2.75, 3.05) is 35.4 Å². The SMILES string of the molecule is CC[C@H]1OC(=O)[C@H](C)[C@@H](O[C@H]2C[C@@](C)(OC)[C@@H](OC(C)=O)[C@H](C)O2)[C@H](C)[C@@H](O[C@@H]2O[C@H](C)C[C@H](N(C)C)[C@H]2OC)[C@@](C)(OC)C[C@@H](C)C(=O)[C@H](C)[C@@H](O)[C@]1(C)O. The third-order valence-electron chi connectivity index (χ3n) is 12.8. The summed E-state index contributed by atoms with van der Waals surface area (Å²) in [5.41, 5.74) is -4.21. The molecule has 326 valence electrons. The van der Waals surface area contributed by atoms with Crippen LogP contribution in [0.25, 0.3) is 0 Å². The molecule has 0 saturated carbocycles. The second-order valence-corrected chi connectivity index (χ2v) is 17.4. The van der Waals surface area contributed by atoms with Gasteiger partial charge in [-0.05, 0) is 74.9 Å². The van der Waals surface area contributed by atoms with Crippen LogP contribution in [0.5, 0.6) is 0 Å². The number of ketones is 1. The van der Waals surface area contributed by atoms with Crippen molar-refractivity contribution >= 4 is 17.7 Å². The van der Waals surface area contributed by atoms with Gasteiger partial charge in [-0.2, -0.15) is 0 Å². The fourth-order valence-corrected chi connectivity index (χ4v) is 9.22. The smallest absolute Gasteiger partial charge is 0.311 e. The van der Waals surface area contributed by atoms with Gasteiger partial charge in [0.2, 0.25) is 0 Å². The Morgan fingerprint density at radius 3 is 1.98 bits per heavy atom. The molecule has 0 aromatic rings. The van der Waals surface area contributed by atoms with E-state index in [-0.39, 0.29) is 37.2 Å². The van der Waals surface area contributed by atoms with E-state index in [2.05, 4.69) is 4.90 Å². The summed E-state index contributed by atoms with van der Waals surface area (Å²) < 4.78 is 56.7. The van der Waals surface area contributed by atoms with Crippen LogP contribution in [-0.2, 0) is 57.0 Å². The Balaban J connectivity index is 2.25. The number of cyclic esters (lactones) is 1. The molecule has 56 heavy (non-hydrogen) atoms. The van der Waals surface area contributed by atoms with Crippen LogP contribution >= 0.6 is 0 Å². The van der Waals surface area contributed by atoms with Crippen molar-refractivity contribution in [3.63, 3.8) is 0 Å². The number of rotatable bonds is 10. The van der Waals surface area contributed by atoms with Gasteiger partial charge in [-0.1, -0.05) is 27.7 Å². The Bertz CT molecular complexity index is 1310. The molecule has 0 radical (unpaired) electrons. The summed E-state index contributed by atoms with van der Waals surface area (Å²) in [5.74, 6) is -4.88. The number of carbonyl (C=O) groups excluding carboxylic acids is 3. The van der Waals surface area contributed by atoms with Gasteiger partial charge in [-0.15, -0.1) is 0 Å². The summed E-state index contributed by atoms with van der Waals surface area (Å²) in [6.45, 7) is 18.7. The first kappa shape index (κ1) is 48.6. The molecule has 3 fully saturated rings. The summed E-state index contributed by atoms with van der Waals surface area (Å²) in [6, 6.07) is -0.0621. The minimum absolute atomic E-state index is 0.0621. The van der Waals surface area contributed by atoms with Crippen LogP contribution in [-0.4, -0.2) is 153 Å². The summed E-state index contributed by atoms with van der Waals surface area (Å²) in [7, 11) is 8.62. The molecule has 3 aliphatic rings. The largest absolute Gasteiger partial charge is 0.459 e. The average molecular weight is 804 g/mol. The molecular formula is C41H73NO14. The number of nitrogens with zero attached hydrogens (tertiary/aromatic N) is 1. The number of aliphatic hydroxyl groups excluding tert-OH is 1. The molecule has 15 nitrogen and oxygen atoms in total. The lowest BCUT2D eigenvalue weighted by Crippen LogP contribution is -2.62. The molecule has 18 atom stereocenters. The Morgan fingerprint density at radius 2 is 1.46 bits per heavy atom. The van der Waals surface area contributed by atoms with Crippen LogP contribution in [0.3, 0.4) is 0 Å². The molecule has 2 N–H and O–H groups in total. The summed E-state index contributed by atoms with van der Waals surface area (Å²) in [6.07, 6.45) is -7.48. The standard InChI is InChI=1S/C41H73NO14/c1-17-29-41(11,47)34(45)23(4)31(44)21(2)19-39(9,49-15)35(56-38-33(48-14)28(42(12)13)18-22(3)51-38)24(5)32(25(6)37(46)54-29)55-30-20-40(10,50-16)36(26(7)52-30)53-27(8)43/h21-26,28-30,32-36,38,45,47H,17-20H2,1-16H3/t21-,22-,23+,24+,25-,26+,28+,29-,30+,32+,33-,34-,35-,36+,38+,39+,40-,41-/m1/s1. The molecule has 3 aliphatic heterocycles. The maximum Gasteiger partial charge on any atom is 0.311 e. The minimum Gasteiger partial charge on any atom is -0.459 e. The highest BCUT2D eigenvalue weighted by molar-refractivity contribution is 5.83. The van der Waals surface area contributed by atoms with Gasteiger partial charge in [0.25, 0.3) is 0 Å². The molecule has 0 amide bonds. The summed E-state index contributed by atoms with van der Waals surface area (Å²) >= 11 is 0. The highest BCUT2D eigenvalue weighted by atomic mass is 16.7. The zero-order valence-electron chi connectivity index (χ0n) is 36.7. The van der Waals surface area contributed by atoms with Gasteiger partial charge < -0.3 is 57.7 Å². The van der Waals surface area contributed by atoms with Crippen molar-refractivity contribution in [2.45, 2.75) is 186 Å². The quantitative estimate of drug-likeness (QED) is 0.306. The lowest BCUT2D eigenvalue weighted by atomic mass is 9.74. The van der Waals surface area contributed by atoms with Gasteiger partial charge in [0, 0.05) is 58.5 Å². The minimum atomic E-state index is -1.97. The van der Waals surface area contributed by atoms with Crippen LogP contribution in [0.4, 0.5) is 0 Å². The lowest BCUT2D eigenvalue weighted by molar-refractivity contribution is -0.321. The number of carbonyl (C=O) groups is 3. The van der Waals surface area contributed by atoms with Gasteiger partial charge in [0.1, 0.15) is 29.2 Å². The van der Waals surface area contributed by atoms with Gasteiger partial charge in [-0.25, -0.2) is 0 Å². The first-order valence-electron chi connectivity index (χ1n) is 20.2. The van der Waals surface area contributed by atoms with Gasteiger partial charge in [0.05, 0.1) is 42.0 Å². The molecule has 0 aliphatic carbocycles. The molecular weight excluding hydrogens is 730 g/mol. The Hall–Kier alpha value is -1.79. The third kappa shape index (κ3) is 10.5. The van der Waals surface area contributed by atoms with E-state index in [1.807, 2.05) is 41.8 Å². The zero-order chi connectivity index (χ0) is 42.7. The predicted octanol–water partition coefficient (Wildman–Crippen LogP) is 3.66. The molecule has 3 heterocycles. The topological polar surface area (TPSA) is 178 Å². The number of Topliss-reactive ketones (excluding diaryl/α,β-unsaturated/α-hetero) is 1. The normalized spacial score (nSPS) is 46.2. The molecule has 15 heteroatoms. The molecule has 3 rings (SSSR count). The Morgan fingerprint density at radius 1 is 0.875 bits per heavy atom. The second kappa shape index (κ2) is 19.5. The molecule has 0 bridgehead atoms. The van der Waals surface area contributed by atoms with E-state index < -0.39 is 108 Å². The number of ether oxygens (including phenoxy) is 9. The van der Waals surface area contributed by atoms with Crippen LogP contribution in [0.1, 0.15) is 102 Å². The van der Waals surface area contributed by atoms with E-state index in [4.69, 9.17) is 42.6 Å². The average Bonchev–Trinajstić information content (AvgIpc) is 3.13. The van der Waals surface area contributed by atoms with Crippen molar-refractivity contribution in [3.05, 3.63) is 0 Å². The number of likely N-dealkylation sites (N-methyl/N-ethyl adjacent to an activating group) is 1. The summed E-state index contributed by atoms with van der Waals surface area (Å²) in [5, 5.41) is 23.2. The second-order valence-electron chi connectivity index (χ2n) is 17.4. The first-order chi connectivity index (χ1) is 25.9. The van der Waals surface area contributed by atoms with E-state index in [1.54, 1.807) is 41.7 Å². The maximum atomic E-state index is 14.3. The Labute approximate surface area is 334 Å². The predicted molar refractivity (Wildman–Crippen MR) is 205 cm³/mol. The fourth-order valence-electron chi connectivity index (χ4n) is 9.22. The third-order valence-corrected chi connectivity index (χ3v) is 12.8. The summed E-state index contributed by atoms with van der Waals surface area (Å²) in [4.78, 5) is 42.6. The van der Waals surface area contributed by atoms with Crippen LogP contribution < -0.4 is 0 Å². The highest BCUT2D eigenvalue weighted by Crippen LogP contribution is 2.42. The van der Waals surface area contributed by atoms with Crippen molar-refractivity contribution in [1.82, 2.24) is 4.90 Å². The van der Waals surface area contributed by atoms with Crippen LogP contribution in [0, 0.1) is 23.7 Å². The number of hydrogen-bond acceptors (Lipinski definition) is 15. The number of aliphatic hydroxyl groups is 2. The van der Waals surface area contributed by atoms with E-state index in [0.717, 1.165) is 0 Å². The highest BCUT2D eigenvalue weighted by Gasteiger charge is 2.55. The van der Waals surface area contributed by atoms with Crippen molar-refractivity contribution in [1.29, 1.82) is 0 Å². The Kier molecular flexibility index (Phi) is 16.9. The van der Waals surface area contributed by atoms with Crippen LogP contribution in [0.2, 0.25) is 0 Å². The van der Waals surface area contributed by atoms with E-state index in [1.165, 1.54) is 28.1 Å². The van der Waals surface area contributed by atoms with Gasteiger partial charge in [-0.3, -0.25) is 14.4 Å². The van der Waals surface area contributed by atoms with Crippen molar-refractivity contribution in [3.8, 4) is 0 Å². The molecule has 0 aromatic carbocycles. The van der Waals surface area contributed by atoms with Crippen LogP contribution in [0.15, 0.2) is 0 Å².